The minimum absolute atomic E-state index is 0.0297. The molecule has 5 nitrogen and oxygen atoms in total. The molecular formula is C21H23BrN2O3. The number of rotatable bonds is 5. The van der Waals surface area contributed by atoms with Gasteiger partial charge in [0.15, 0.2) is 6.61 Å². The van der Waals surface area contributed by atoms with Crippen molar-refractivity contribution in [2.24, 2.45) is 0 Å². The van der Waals surface area contributed by atoms with Gasteiger partial charge in [-0.15, -0.1) is 0 Å². The van der Waals surface area contributed by atoms with E-state index >= 15 is 0 Å². The zero-order chi connectivity index (χ0) is 19.1. The number of benzene rings is 2. The molecule has 3 rings (SSSR count). The average molecular weight is 431 g/mol. The molecule has 27 heavy (non-hydrogen) atoms. The molecule has 2 aromatic rings. The Hall–Kier alpha value is -2.34. The minimum Gasteiger partial charge on any atom is -0.483 e. The summed E-state index contributed by atoms with van der Waals surface area (Å²) < 4.78 is 6.52. The molecule has 1 fully saturated rings. The maximum atomic E-state index is 12.7. The Kier molecular flexibility index (Phi) is 6.87. The molecule has 2 aromatic carbocycles. The minimum atomic E-state index is -0.278. The lowest BCUT2D eigenvalue weighted by molar-refractivity contribution is -0.133. The second-order valence-electron chi connectivity index (χ2n) is 6.51. The van der Waals surface area contributed by atoms with Crippen LogP contribution in [-0.4, -0.2) is 36.4 Å². The molecule has 0 aliphatic carbocycles. The molecule has 142 valence electrons. The molecule has 1 aliphatic heterocycles. The van der Waals surface area contributed by atoms with Gasteiger partial charge in [0.1, 0.15) is 5.75 Å². The highest BCUT2D eigenvalue weighted by Gasteiger charge is 2.18. The number of carbonyl (C=O) groups excluding carboxylic acids is 2. The molecule has 0 aromatic heterocycles. The first kappa shape index (κ1) is 19.4. The topological polar surface area (TPSA) is 58.6 Å². The van der Waals surface area contributed by atoms with Crippen LogP contribution in [0.5, 0.6) is 5.75 Å². The fourth-order valence-corrected chi connectivity index (χ4v) is 3.47. The lowest BCUT2D eigenvalue weighted by Gasteiger charge is -2.20. The van der Waals surface area contributed by atoms with E-state index in [-0.39, 0.29) is 18.4 Å². The Labute approximate surface area is 167 Å². The number of likely N-dealkylation sites (tertiary alicyclic amines) is 1. The predicted octanol–water partition coefficient (Wildman–Crippen LogP) is 4.48. The number of nitrogens with one attached hydrogen (secondary N) is 1. The van der Waals surface area contributed by atoms with E-state index < -0.39 is 0 Å². The summed E-state index contributed by atoms with van der Waals surface area (Å²) >= 11 is 3.42. The normalized spacial score (nSPS) is 14.3. The fraction of sp³-hybridized carbons (Fsp3) is 0.333. The maximum Gasteiger partial charge on any atom is 0.260 e. The van der Waals surface area contributed by atoms with Gasteiger partial charge in [-0.2, -0.15) is 0 Å². The Morgan fingerprint density at radius 2 is 1.63 bits per heavy atom. The van der Waals surface area contributed by atoms with Crippen LogP contribution in [0.1, 0.15) is 36.0 Å². The summed E-state index contributed by atoms with van der Waals surface area (Å²) in [5.41, 5.74) is 1.08. The second kappa shape index (κ2) is 9.55. The molecule has 1 N–H and O–H groups in total. The van der Waals surface area contributed by atoms with Crippen LogP contribution in [0.3, 0.4) is 0 Å². The Bertz CT molecular complexity index is 802. The molecule has 0 radical (unpaired) electrons. The summed E-state index contributed by atoms with van der Waals surface area (Å²) in [6.07, 6.45) is 4.42. The van der Waals surface area contributed by atoms with Crippen LogP contribution in [0, 0.1) is 0 Å². The number of para-hydroxylation sites is 2. The molecular weight excluding hydrogens is 408 g/mol. The number of halogens is 1. The lowest BCUT2D eigenvalue weighted by Crippen LogP contribution is -2.35. The largest absolute Gasteiger partial charge is 0.483 e. The van der Waals surface area contributed by atoms with Gasteiger partial charge in [0, 0.05) is 17.6 Å². The van der Waals surface area contributed by atoms with Gasteiger partial charge in [-0.1, -0.05) is 37.1 Å². The highest BCUT2D eigenvalue weighted by atomic mass is 79.9. The quantitative estimate of drug-likeness (QED) is 0.760. The summed E-state index contributed by atoms with van der Waals surface area (Å²) in [4.78, 5) is 27.0. The van der Waals surface area contributed by atoms with Crippen molar-refractivity contribution in [3.63, 3.8) is 0 Å². The van der Waals surface area contributed by atoms with Crippen LogP contribution in [0.2, 0.25) is 0 Å². The summed E-state index contributed by atoms with van der Waals surface area (Å²) in [5, 5.41) is 2.87. The molecule has 1 saturated heterocycles. The monoisotopic (exact) mass is 430 g/mol. The summed E-state index contributed by atoms with van der Waals surface area (Å²) in [6, 6.07) is 14.4. The van der Waals surface area contributed by atoms with E-state index in [9.17, 15) is 9.59 Å². The summed E-state index contributed by atoms with van der Waals surface area (Å²) in [5.74, 6) is 0.0999. The standard InChI is InChI=1S/C21H23BrN2O3/c22-17-10-4-5-11-18(17)23-21(26)16-9-3-6-12-19(16)27-15-20(25)24-13-7-1-2-8-14-24/h3-6,9-12H,1-2,7-8,13-15H2,(H,23,26). The second-order valence-corrected chi connectivity index (χ2v) is 7.37. The third kappa shape index (κ3) is 5.32. The third-order valence-electron chi connectivity index (χ3n) is 4.56. The Morgan fingerprint density at radius 1 is 0.963 bits per heavy atom. The number of hydrogen-bond acceptors (Lipinski definition) is 3. The van der Waals surface area contributed by atoms with E-state index in [1.165, 1.54) is 12.8 Å². The van der Waals surface area contributed by atoms with Gasteiger partial charge >= 0.3 is 0 Å². The summed E-state index contributed by atoms with van der Waals surface area (Å²) in [7, 11) is 0. The number of nitrogens with zero attached hydrogens (tertiary/aromatic N) is 1. The van der Waals surface area contributed by atoms with E-state index in [0.717, 1.165) is 30.4 Å². The maximum absolute atomic E-state index is 12.7. The number of hydrogen-bond donors (Lipinski definition) is 1. The van der Waals surface area contributed by atoms with Gasteiger partial charge in [-0.25, -0.2) is 0 Å². The van der Waals surface area contributed by atoms with Gasteiger partial charge in [0.25, 0.3) is 11.8 Å². The van der Waals surface area contributed by atoms with Crippen LogP contribution in [-0.2, 0) is 4.79 Å². The van der Waals surface area contributed by atoms with Crippen LogP contribution < -0.4 is 10.1 Å². The van der Waals surface area contributed by atoms with Crippen molar-refractivity contribution >= 4 is 33.4 Å². The van der Waals surface area contributed by atoms with Gasteiger partial charge in [0.05, 0.1) is 11.3 Å². The number of carbonyl (C=O) groups is 2. The van der Waals surface area contributed by atoms with E-state index in [1.807, 2.05) is 29.2 Å². The van der Waals surface area contributed by atoms with E-state index in [0.29, 0.717) is 17.0 Å². The highest BCUT2D eigenvalue weighted by Crippen LogP contribution is 2.24. The van der Waals surface area contributed by atoms with Crippen molar-refractivity contribution in [1.82, 2.24) is 4.90 Å². The number of anilines is 1. The van der Waals surface area contributed by atoms with E-state index in [1.54, 1.807) is 24.3 Å². The Morgan fingerprint density at radius 3 is 2.37 bits per heavy atom. The number of amides is 2. The van der Waals surface area contributed by atoms with Gasteiger partial charge in [-0.3, -0.25) is 9.59 Å². The Balaban J connectivity index is 1.65. The zero-order valence-electron chi connectivity index (χ0n) is 15.1. The molecule has 2 amide bonds. The molecule has 1 heterocycles. The SMILES string of the molecule is O=C(Nc1ccccc1Br)c1ccccc1OCC(=O)N1CCCCCC1. The molecule has 0 unspecified atom stereocenters. The van der Waals surface area contributed by atoms with Gasteiger partial charge in [-0.05, 0) is 53.0 Å². The third-order valence-corrected chi connectivity index (χ3v) is 5.26. The first-order chi connectivity index (χ1) is 13.1. The van der Waals surface area contributed by atoms with E-state index in [2.05, 4.69) is 21.2 Å². The van der Waals surface area contributed by atoms with Crippen LogP contribution in [0.4, 0.5) is 5.69 Å². The average Bonchev–Trinajstić information content (AvgIpc) is 2.97. The van der Waals surface area contributed by atoms with Crippen molar-refractivity contribution in [2.75, 3.05) is 25.0 Å². The van der Waals surface area contributed by atoms with Crippen molar-refractivity contribution in [2.45, 2.75) is 25.7 Å². The van der Waals surface area contributed by atoms with Crippen LogP contribution in [0.25, 0.3) is 0 Å². The molecule has 6 heteroatoms. The van der Waals surface area contributed by atoms with Crippen LogP contribution in [0.15, 0.2) is 53.0 Å². The van der Waals surface area contributed by atoms with Crippen molar-refractivity contribution in [3.8, 4) is 5.75 Å². The molecule has 1 aliphatic rings. The smallest absolute Gasteiger partial charge is 0.260 e. The lowest BCUT2D eigenvalue weighted by atomic mass is 10.2. The fourth-order valence-electron chi connectivity index (χ4n) is 3.08. The van der Waals surface area contributed by atoms with Crippen molar-refractivity contribution in [1.29, 1.82) is 0 Å². The van der Waals surface area contributed by atoms with Gasteiger partial charge in [0.2, 0.25) is 0 Å². The first-order valence-corrected chi connectivity index (χ1v) is 10.00. The van der Waals surface area contributed by atoms with Crippen molar-refractivity contribution < 1.29 is 14.3 Å². The predicted molar refractivity (Wildman–Crippen MR) is 109 cm³/mol. The summed E-state index contributed by atoms with van der Waals surface area (Å²) in [6.45, 7) is 1.51. The van der Waals surface area contributed by atoms with Gasteiger partial charge < -0.3 is 15.0 Å². The zero-order valence-corrected chi connectivity index (χ0v) is 16.7. The molecule has 0 saturated carbocycles. The molecule has 0 bridgehead atoms. The van der Waals surface area contributed by atoms with E-state index in [4.69, 9.17) is 4.74 Å². The highest BCUT2D eigenvalue weighted by molar-refractivity contribution is 9.10. The first-order valence-electron chi connectivity index (χ1n) is 9.20. The van der Waals surface area contributed by atoms with Crippen molar-refractivity contribution in [3.05, 3.63) is 58.6 Å². The molecule has 0 spiro atoms. The number of ether oxygens (including phenoxy) is 1. The van der Waals surface area contributed by atoms with Crippen LogP contribution >= 0.6 is 15.9 Å². The molecule has 0 atom stereocenters.